The van der Waals surface area contributed by atoms with Crippen LogP contribution in [-0.4, -0.2) is 24.6 Å². The highest BCUT2D eigenvalue weighted by molar-refractivity contribution is 9.10. The normalized spacial score (nSPS) is 31.9. The Kier molecular flexibility index (Phi) is 3.13. The molecule has 2 nitrogen and oxygen atoms in total. The molecular formula is C13H17BrN2S. The van der Waals surface area contributed by atoms with Gasteiger partial charge in [0.15, 0.2) is 0 Å². The SMILES string of the molecule is CN1c2c(Br)cccc2C(N)C2CSCCC21. The number of anilines is 1. The van der Waals surface area contributed by atoms with Gasteiger partial charge in [-0.1, -0.05) is 12.1 Å². The van der Waals surface area contributed by atoms with Crippen molar-refractivity contribution in [3.05, 3.63) is 28.2 Å². The standard InChI is InChI=1S/C13H17BrN2S/c1-16-11-5-6-17-7-9(11)12(15)8-3-2-4-10(14)13(8)16/h2-4,9,11-12H,5-7,15H2,1H3. The van der Waals surface area contributed by atoms with Gasteiger partial charge in [0.2, 0.25) is 0 Å². The lowest BCUT2D eigenvalue weighted by atomic mass is 9.81. The first-order valence-electron chi connectivity index (χ1n) is 6.04. The zero-order valence-corrected chi connectivity index (χ0v) is 12.3. The van der Waals surface area contributed by atoms with Crippen LogP contribution in [0.4, 0.5) is 5.69 Å². The number of para-hydroxylation sites is 1. The van der Waals surface area contributed by atoms with Crippen molar-refractivity contribution in [2.75, 3.05) is 23.5 Å². The molecule has 1 aromatic rings. The molecule has 2 N–H and O–H groups in total. The summed E-state index contributed by atoms with van der Waals surface area (Å²) in [5.41, 5.74) is 9.07. The molecule has 0 aliphatic carbocycles. The van der Waals surface area contributed by atoms with E-state index in [1.165, 1.54) is 33.7 Å². The Bertz CT molecular complexity index is 437. The van der Waals surface area contributed by atoms with E-state index < -0.39 is 0 Å². The second-order valence-corrected chi connectivity index (χ2v) is 6.91. The minimum Gasteiger partial charge on any atom is -0.370 e. The highest BCUT2D eigenvalue weighted by Crippen LogP contribution is 2.46. The summed E-state index contributed by atoms with van der Waals surface area (Å²) in [5, 5.41) is 0. The predicted molar refractivity (Wildman–Crippen MR) is 78.7 cm³/mol. The average molecular weight is 313 g/mol. The molecule has 3 atom stereocenters. The van der Waals surface area contributed by atoms with E-state index in [2.05, 4.69) is 46.1 Å². The molecular weight excluding hydrogens is 296 g/mol. The molecule has 3 unspecified atom stereocenters. The Balaban J connectivity index is 2.10. The fourth-order valence-electron chi connectivity index (χ4n) is 3.14. The Morgan fingerprint density at radius 1 is 1.47 bits per heavy atom. The van der Waals surface area contributed by atoms with E-state index in [0.29, 0.717) is 12.0 Å². The van der Waals surface area contributed by atoms with E-state index in [1.807, 2.05) is 11.8 Å². The van der Waals surface area contributed by atoms with E-state index in [9.17, 15) is 0 Å². The zero-order chi connectivity index (χ0) is 12.0. The maximum absolute atomic E-state index is 6.47. The molecule has 1 saturated heterocycles. The summed E-state index contributed by atoms with van der Waals surface area (Å²) >= 11 is 5.71. The van der Waals surface area contributed by atoms with Gasteiger partial charge in [-0.15, -0.1) is 0 Å². The van der Waals surface area contributed by atoms with Crippen molar-refractivity contribution >= 4 is 33.4 Å². The zero-order valence-electron chi connectivity index (χ0n) is 9.90. The molecule has 4 heteroatoms. The van der Waals surface area contributed by atoms with E-state index in [4.69, 9.17) is 5.73 Å². The van der Waals surface area contributed by atoms with Crippen molar-refractivity contribution in [2.24, 2.45) is 11.7 Å². The molecule has 2 heterocycles. The molecule has 1 fully saturated rings. The first-order chi connectivity index (χ1) is 8.20. The second kappa shape index (κ2) is 4.48. The van der Waals surface area contributed by atoms with Crippen molar-refractivity contribution in [3.8, 4) is 0 Å². The topological polar surface area (TPSA) is 29.3 Å². The molecule has 0 aromatic heterocycles. The van der Waals surface area contributed by atoms with Crippen molar-refractivity contribution < 1.29 is 0 Å². The lowest BCUT2D eigenvalue weighted by molar-refractivity contribution is 0.346. The predicted octanol–water partition coefficient (Wildman–Crippen LogP) is 3.02. The third-order valence-corrected chi connectivity index (χ3v) is 5.84. The molecule has 0 spiro atoms. The summed E-state index contributed by atoms with van der Waals surface area (Å²) < 4.78 is 1.17. The maximum Gasteiger partial charge on any atom is 0.0559 e. The Labute approximate surface area is 115 Å². The number of nitrogens with zero attached hydrogens (tertiary/aromatic N) is 1. The average Bonchev–Trinajstić information content (AvgIpc) is 2.36. The van der Waals surface area contributed by atoms with Gasteiger partial charge in [0.25, 0.3) is 0 Å². The third-order valence-electron chi connectivity index (χ3n) is 4.05. The van der Waals surface area contributed by atoms with Gasteiger partial charge in [0.05, 0.1) is 5.69 Å². The molecule has 2 aliphatic heterocycles. The number of hydrogen-bond donors (Lipinski definition) is 1. The van der Waals surface area contributed by atoms with Gasteiger partial charge in [-0.25, -0.2) is 0 Å². The van der Waals surface area contributed by atoms with Crippen LogP contribution in [0.3, 0.4) is 0 Å². The number of hydrogen-bond acceptors (Lipinski definition) is 3. The summed E-state index contributed by atoms with van der Waals surface area (Å²) in [6.07, 6.45) is 1.25. The number of thioether (sulfide) groups is 1. The quantitative estimate of drug-likeness (QED) is 0.798. The van der Waals surface area contributed by atoms with E-state index in [0.717, 1.165) is 0 Å². The van der Waals surface area contributed by atoms with Crippen LogP contribution in [0.25, 0.3) is 0 Å². The van der Waals surface area contributed by atoms with Crippen LogP contribution in [0.15, 0.2) is 22.7 Å². The van der Waals surface area contributed by atoms with Crippen LogP contribution in [0.1, 0.15) is 18.0 Å². The summed E-state index contributed by atoms with van der Waals surface area (Å²) in [5.74, 6) is 3.06. The van der Waals surface area contributed by atoms with E-state index in [1.54, 1.807) is 0 Å². The van der Waals surface area contributed by atoms with Gasteiger partial charge in [0, 0.05) is 29.5 Å². The fraction of sp³-hybridized carbons (Fsp3) is 0.538. The molecule has 1 aromatic carbocycles. The van der Waals surface area contributed by atoms with E-state index in [-0.39, 0.29) is 6.04 Å². The number of benzene rings is 1. The molecule has 0 amide bonds. The molecule has 3 rings (SSSR count). The van der Waals surface area contributed by atoms with Gasteiger partial charge >= 0.3 is 0 Å². The number of nitrogens with two attached hydrogens (primary N) is 1. The van der Waals surface area contributed by atoms with Crippen molar-refractivity contribution in [1.82, 2.24) is 0 Å². The highest BCUT2D eigenvalue weighted by Gasteiger charge is 2.40. The Morgan fingerprint density at radius 3 is 3.12 bits per heavy atom. The first kappa shape index (κ1) is 11.9. The van der Waals surface area contributed by atoms with Gasteiger partial charge < -0.3 is 10.6 Å². The molecule has 2 aliphatic rings. The lowest BCUT2D eigenvalue weighted by Gasteiger charge is -2.47. The highest BCUT2D eigenvalue weighted by atomic mass is 79.9. The minimum atomic E-state index is 0.191. The van der Waals surface area contributed by atoms with Crippen LogP contribution in [-0.2, 0) is 0 Å². The van der Waals surface area contributed by atoms with Crippen molar-refractivity contribution in [2.45, 2.75) is 18.5 Å². The number of halogens is 1. The second-order valence-electron chi connectivity index (χ2n) is 4.91. The van der Waals surface area contributed by atoms with Gasteiger partial charge in [-0.3, -0.25) is 0 Å². The van der Waals surface area contributed by atoms with Crippen LogP contribution < -0.4 is 10.6 Å². The maximum atomic E-state index is 6.47. The minimum absolute atomic E-state index is 0.191. The smallest absolute Gasteiger partial charge is 0.0559 e. The van der Waals surface area contributed by atoms with Gasteiger partial charge in [-0.2, -0.15) is 11.8 Å². The first-order valence-corrected chi connectivity index (χ1v) is 7.99. The van der Waals surface area contributed by atoms with Crippen LogP contribution in [0, 0.1) is 5.92 Å². The van der Waals surface area contributed by atoms with Gasteiger partial charge in [0.1, 0.15) is 0 Å². The monoisotopic (exact) mass is 312 g/mol. The molecule has 17 heavy (non-hydrogen) atoms. The molecule has 0 bridgehead atoms. The van der Waals surface area contributed by atoms with Crippen LogP contribution in [0.5, 0.6) is 0 Å². The molecule has 0 radical (unpaired) electrons. The molecule has 92 valence electrons. The summed E-state index contributed by atoms with van der Waals surface area (Å²) in [4.78, 5) is 2.44. The third kappa shape index (κ3) is 1.81. The summed E-state index contributed by atoms with van der Waals surface area (Å²) in [7, 11) is 2.21. The number of fused-ring (bicyclic) bond motifs is 2. The largest absolute Gasteiger partial charge is 0.370 e. The number of rotatable bonds is 0. The summed E-state index contributed by atoms with van der Waals surface area (Å²) in [6.45, 7) is 0. The van der Waals surface area contributed by atoms with E-state index >= 15 is 0 Å². The van der Waals surface area contributed by atoms with Crippen LogP contribution in [0.2, 0.25) is 0 Å². The Hall–Kier alpha value is -0.190. The van der Waals surface area contributed by atoms with Gasteiger partial charge in [-0.05, 0) is 45.5 Å². The van der Waals surface area contributed by atoms with Crippen LogP contribution >= 0.6 is 27.7 Å². The molecule has 0 saturated carbocycles. The fourth-order valence-corrected chi connectivity index (χ4v) is 5.08. The Morgan fingerprint density at radius 2 is 2.29 bits per heavy atom. The van der Waals surface area contributed by atoms with Crippen molar-refractivity contribution in [1.29, 1.82) is 0 Å². The summed E-state index contributed by atoms with van der Waals surface area (Å²) in [6, 6.07) is 7.18. The van der Waals surface area contributed by atoms with Crippen molar-refractivity contribution in [3.63, 3.8) is 0 Å². The lowest BCUT2D eigenvalue weighted by Crippen LogP contribution is -2.50.